The third-order valence-electron chi connectivity index (χ3n) is 3.05. The van der Waals surface area contributed by atoms with Crippen LogP contribution in [0.15, 0.2) is 6.07 Å². The molecule has 0 bridgehead atoms. The summed E-state index contributed by atoms with van der Waals surface area (Å²) in [6, 6.07) is 1.70. The quantitative estimate of drug-likeness (QED) is 0.497. The Morgan fingerprint density at radius 3 is 2.32 bits per heavy atom. The summed E-state index contributed by atoms with van der Waals surface area (Å²) in [5.74, 6) is 0.923. The molecule has 0 unspecified atom stereocenters. The van der Waals surface area contributed by atoms with E-state index in [1.165, 1.54) is 44.9 Å². The summed E-state index contributed by atoms with van der Waals surface area (Å²) in [7, 11) is 0. The van der Waals surface area contributed by atoms with E-state index in [2.05, 4.69) is 22.2 Å². The van der Waals surface area contributed by atoms with Crippen LogP contribution in [0.1, 0.15) is 58.3 Å². The number of nitrogens with zero attached hydrogens (tertiary/aromatic N) is 2. The molecule has 0 aliphatic rings. The van der Waals surface area contributed by atoms with E-state index in [0.717, 1.165) is 13.0 Å². The minimum atomic E-state index is 0.214. The van der Waals surface area contributed by atoms with Gasteiger partial charge in [0.2, 0.25) is 5.95 Å². The highest BCUT2D eigenvalue weighted by Gasteiger charge is 1.99. The maximum absolute atomic E-state index is 5.80. The number of unbranched alkanes of at least 4 members (excludes halogenated alkanes) is 7. The predicted octanol–water partition coefficient (Wildman–Crippen LogP) is 4.26. The Bertz CT molecular complexity index is 337. The molecule has 0 atom stereocenters. The molecule has 0 fully saturated rings. The van der Waals surface area contributed by atoms with Gasteiger partial charge < -0.3 is 11.1 Å². The third-order valence-corrected chi connectivity index (χ3v) is 3.24. The van der Waals surface area contributed by atoms with E-state index in [1.54, 1.807) is 6.07 Å². The molecule has 0 amide bonds. The molecule has 0 saturated carbocycles. The van der Waals surface area contributed by atoms with Crippen molar-refractivity contribution in [1.82, 2.24) is 9.97 Å². The normalized spacial score (nSPS) is 10.6. The van der Waals surface area contributed by atoms with Crippen molar-refractivity contribution in [2.45, 2.75) is 58.3 Å². The number of nitrogens with two attached hydrogens (primary N) is 1. The first-order valence-electron chi connectivity index (χ1n) is 7.26. The van der Waals surface area contributed by atoms with Crippen LogP contribution >= 0.6 is 11.6 Å². The molecule has 1 aromatic rings. The second-order valence-corrected chi connectivity index (χ2v) is 5.22. The topological polar surface area (TPSA) is 63.8 Å². The molecular weight excluding hydrogens is 260 g/mol. The molecule has 0 aliphatic heterocycles. The van der Waals surface area contributed by atoms with Crippen molar-refractivity contribution in [3.8, 4) is 0 Å². The summed E-state index contributed by atoms with van der Waals surface area (Å²) in [5, 5.41) is 3.60. The summed E-state index contributed by atoms with van der Waals surface area (Å²) in [4.78, 5) is 7.89. The standard InChI is InChI=1S/C14H25ClN4/c1-2-3-4-5-6-7-8-9-10-17-13-11-12(15)18-14(16)19-13/h11H,2-10H2,1H3,(H3,16,17,18,19). The maximum Gasteiger partial charge on any atom is 0.223 e. The van der Waals surface area contributed by atoms with Crippen molar-refractivity contribution in [1.29, 1.82) is 0 Å². The van der Waals surface area contributed by atoms with Crippen molar-refractivity contribution in [2.75, 3.05) is 17.6 Å². The fourth-order valence-corrected chi connectivity index (χ4v) is 2.19. The lowest BCUT2D eigenvalue weighted by Crippen LogP contribution is -2.05. The highest BCUT2D eigenvalue weighted by molar-refractivity contribution is 6.29. The molecule has 1 rings (SSSR count). The lowest BCUT2D eigenvalue weighted by Gasteiger charge is -2.06. The lowest BCUT2D eigenvalue weighted by atomic mass is 10.1. The lowest BCUT2D eigenvalue weighted by molar-refractivity contribution is 0.581. The van der Waals surface area contributed by atoms with E-state index in [-0.39, 0.29) is 5.95 Å². The molecule has 0 aromatic carbocycles. The number of anilines is 2. The van der Waals surface area contributed by atoms with Crippen LogP contribution in [0.25, 0.3) is 0 Å². The zero-order chi connectivity index (χ0) is 13.9. The van der Waals surface area contributed by atoms with E-state index in [1.807, 2.05) is 0 Å². The first-order chi connectivity index (χ1) is 9.22. The molecule has 1 heterocycles. The van der Waals surface area contributed by atoms with E-state index < -0.39 is 0 Å². The van der Waals surface area contributed by atoms with Crippen molar-refractivity contribution in [3.05, 3.63) is 11.2 Å². The number of hydrogen-bond acceptors (Lipinski definition) is 4. The van der Waals surface area contributed by atoms with Gasteiger partial charge in [-0.25, -0.2) is 4.98 Å². The molecule has 0 aliphatic carbocycles. The van der Waals surface area contributed by atoms with Crippen LogP contribution < -0.4 is 11.1 Å². The predicted molar refractivity (Wildman–Crippen MR) is 82.6 cm³/mol. The second kappa shape index (κ2) is 9.84. The molecule has 1 aromatic heterocycles. The molecule has 108 valence electrons. The van der Waals surface area contributed by atoms with E-state index in [9.17, 15) is 0 Å². The van der Waals surface area contributed by atoms with Crippen LogP contribution in [-0.2, 0) is 0 Å². The second-order valence-electron chi connectivity index (χ2n) is 4.84. The van der Waals surface area contributed by atoms with Gasteiger partial charge in [-0.3, -0.25) is 0 Å². The van der Waals surface area contributed by atoms with Crippen LogP contribution in [0.5, 0.6) is 0 Å². The largest absolute Gasteiger partial charge is 0.370 e. The van der Waals surface area contributed by atoms with Gasteiger partial charge in [-0.15, -0.1) is 0 Å². The van der Waals surface area contributed by atoms with Gasteiger partial charge in [0.25, 0.3) is 0 Å². The molecular formula is C14H25ClN4. The van der Waals surface area contributed by atoms with Crippen molar-refractivity contribution < 1.29 is 0 Å². The number of nitrogens with one attached hydrogen (secondary N) is 1. The number of halogens is 1. The molecule has 4 nitrogen and oxygen atoms in total. The van der Waals surface area contributed by atoms with Gasteiger partial charge in [-0.1, -0.05) is 63.5 Å². The first-order valence-corrected chi connectivity index (χ1v) is 7.64. The Balaban J connectivity index is 2.01. The van der Waals surface area contributed by atoms with Crippen molar-refractivity contribution in [2.24, 2.45) is 0 Å². The van der Waals surface area contributed by atoms with Crippen LogP contribution in [-0.4, -0.2) is 16.5 Å². The molecule has 19 heavy (non-hydrogen) atoms. The van der Waals surface area contributed by atoms with Gasteiger partial charge in [-0.2, -0.15) is 4.98 Å². The smallest absolute Gasteiger partial charge is 0.223 e. The molecule has 5 heteroatoms. The number of rotatable bonds is 10. The van der Waals surface area contributed by atoms with E-state index in [4.69, 9.17) is 17.3 Å². The average molecular weight is 285 g/mol. The van der Waals surface area contributed by atoms with Crippen LogP contribution in [0.3, 0.4) is 0 Å². The highest BCUT2D eigenvalue weighted by atomic mass is 35.5. The Morgan fingerprint density at radius 2 is 1.68 bits per heavy atom. The Hall–Kier alpha value is -1.03. The van der Waals surface area contributed by atoms with Gasteiger partial charge in [0.15, 0.2) is 0 Å². The van der Waals surface area contributed by atoms with Gasteiger partial charge in [-0.05, 0) is 6.42 Å². The van der Waals surface area contributed by atoms with E-state index in [0.29, 0.717) is 11.0 Å². The van der Waals surface area contributed by atoms with Crippen molar-refractivity contribution >= 4 is 23.4 Å². The summed E-state index contributed by atoms with van der Waals surface area (Å²) in [5.41, 5.74) is 5.52. The monoisotopic (exact) mass is 284 g/mol. The van der Waals surface area contributed by atoms with Crippen LogP contribution in [0.4, 0.5) is 11.8 Å². The number of nitrogen functional groups attached to an aromatic ring is 1. The Morgan fingerprint density at radius 1 is 1.05 bits per heavy atom. The maximum atomic E-state index is 5.80. The number of hydrogen-bond donors (Lipinski definition) is 2. The Labute approximate surface area is 121 Å². The fraction of sp³-hybridized carbons (Fsp3) is 0.714. The summed E-state index contributed by atoms with van der Waals surface area (Å²) in [6.07, 6.45) is 10.5. The average Bonchev–Trinajstić information content (AvgIpc) is 2.36. The van der Waals surface area contributed by atoms with Crippen LogP contribution in [0.2, 0.25) is 5.15 Å². The molecule has 3 N–H and O–H groups in total. The fourth-order valence-electron chi connectivity index (χ4n) is 2.00. The van der Waals surface area contributed by atoms with Crippen LogP contribution in [0, 0.1) is 0 Å². The minimum absolute atomic E-state index is 0.214. The van der Waals surface area contributed by atoms with Gasteiger partial charge >= 0.3 is 0 Å². The number of aromatic nitrogens is 2. The zero-order valence-electron chi connectivity index (χ0n) is 11.8. The summed E-state index contributed by atoms with van der Waals surface area (Å²) >= 11 is 5.80. The van der Waals surface area contributed by atoms with Gasteiger partial charge in [0.1, 0.15) is 11.0 Å². The Kier molecular flexibility index (Phi) is 8.30. The first kappa shape index (κ1) is 16.0. The summed E-state index contributed by atoms with van der Waals surface area (Å²) in [6.45, 7) is 3.15. The minimum Gasteiger partial charge on any atom is -0.370 e. The van der Waals surface area contributed by atoms with Gasteiger partial charge in [0.05, 0.1) is 0 Å². The third kappa shape index (κ3) is 7.88. The molecule has 0 spiro atoms. The summed E-state index contributed by atoms with van der Waals surface area (Å²) < 4.78 is 0. The molecule has 0 radical (unpaired) electrons. The van der Waals surface area contributed by atoms with Gasteiger partial charge in [0, 0.05) is 12.6 Å². The highest BCUT2D eigenvalue weighted by Crippen LogP contribution is 2.13. The SMILES string of the molecule is CCCCCCCCCCNc1cc(Cl)nc(N)n1. The zero-order valence-corrected chi connectivity index (χ0v) is 12.5. The molecule has 0 saturated heterocycles. The van der Waals surface area contributed by atoms with E-state index >= 15 is 0 Å². The van der Waals surface area contributed by atoms with Crippen molar-refractivity contribution in [3.63, 3.8) is 0 Å².